The highest BCUT2D eigenvalue weighted by molar-refractivity contribution is 6.42. The minimum absolute atomic E-state index is 0.313. The number of hydrogen-bond acceptors (Lipinski definition) is 2. The molecule has 0 spiro atoms. The van der Waals surface area contributed by atoms with Crippen LogP contribution < -0.4 is 10.6 Å². The van der Waals surface area contributed by atoms with Gasteiger partial charge in [0.15, 0.2) is 0 Å². The van der Waals surface area contributed by atoms with E-state index < -0.39 is 5.54 Å². The van der Waals surface area contributed by atoms with Crippen LogP contribution in [0.25, 0.3) is 0 Å². The van der Waals surface area contributed by atoms with Crippen LogP contribution in [0.3, 0.4) is 0 Å². The molecule has 1 aromatic carbocycles. The van der Waals surface area contributed by atoms with Gasteiger partial charge in [0.1, 0.15) is 0 Å². The third-order valence-corrected chi connectivity index (χ3v) is 4.02. The van der Waals surface area contributed by atoms with E-state index in [1.54, 1.807) is 29.2 Å². The zero-order valence-electron chi connectivity index (χ0n) is 12.7. The zero-order chi connectivity index (χ0) is 16.3. The number of halogens is 2. The van der Waals surface area contributed by atoms with E-state index in [1.165, 1.54) is 0 Å². The van der Waals surface area contributed by atoms with E-state index in [2.05, 4.69) is 15.7 Å². The van der Waals surface area contributed by atoms with E-state index in [0.717, 1.165) is 12.1 Å². The number of aryl methyl sites for hydroxylation is 1. The van der Waals surface area contributed by atoms with E-state index in [4.69, 9.17) is 23.2 Å². The molecule has 0 aliphatic rings. The predicted molar refractivity (Wildman–Crippen MR) is 89.5 cm³/mol. The van der Waals surface area contributed by atoms with Crippen molar-refractivity contribution >= 4 is 34.9 Å². The fraction of sp³-hybridized carbons (Fsp3) is 0.333. The van der Waals surface area contributed by atoms with Gasteiger partial charge in [-0.25, -0.2) is 4.79 Å². The SMILES string of the molecule is CCn1cc(NC(=O)NC(C)(C)c2ccc(Cl)c(Cl)c2)cn1. The summed E-state index contributed by atoms with van der Waals surface area (Å²) >= 11 is 12.0. The smallest absolute Gasteiger partial charge is 0.320 e. The number of anilines is 1. The van der Waals surface area contributed by atoms with Gasteiger partial charge in [-0.2, -0.15) is 5.10 Å². The van der Waals surface area contributed by atoms with E-state index >= 15 is 0 Å². The number of carbonyl (C=O) groups is 1. The maximum atomic E-state index is 12.1. The van der Waals surface area contributed by atoms with Crippen LogP contribution in [0.5, 0.6) is 0 Å². The molecular formula is C15H18Cl2N4O. The maximum Gasteiger partial charge on any atom is 0.320 e. The molecule has 0 fully saturated rings. The molecule has 1 heterocycles. The molecule has 0 aliphatic carbocycles. The lowest BCUT2D eigenvalue weighted by Gasteiger charge is -2.27. The van der Waals surface area contributed by atoms with Crippen molar-refractivity contribution in [3.05, 3.63) is 46.2 Å². The number of nitrogens with one attached hydrogen (secondary N) is 2. The van der Waals surface area contributed by atoms with Gasteiger partial charge in [0, 0.05) is 12.7 Å². The summed E-state index contributed by atoms with van der Waals surface area (Å²) in [6.45, 7) is 6.51. The zero-order valence-corrected chi connectivity index (χ0v) is 14.2. The highest BCUT2D eigenvalue weighted by Crippen LogP contribution is 2.28. The Labute approximate surface area is 139 Å². The molecule has 0 radical (unpaired) electrons. The van der Waals surface area contributed by atoms with Gasteiger partial charge in [-0.15, -0.1) is 0 Å². The molecule has 118 valence electrons. The summed E-state index contributed by atoms with van der Waals surface area (Å²) in [5, 5.41) is 10.7. The molecule has 5 nitrogen and oxygen atoms in total. The summed E-state index contributed by atoms with van der Waals surface area (Å²) in [4.78, 5) is 12.1. The molecule has 22 heavy (non-hydrogen) atoms. The van der Waals surface area contributed by atoms with Crippen molar-refractivity contribution in [1.82, 2.24) is 15.1 Å². The van der Waals surface area contributed by atoms with E-state index in [9.17, 15) is 4.79 Å². The summed E-state index contributed by atoms with van der Waals surface area (Å²) in [6, 6.07) is 4.99. The molecule has 0 atom stereocenters. The highest BCUT2D eigenvalue weighted by Gasteiger charge is 2.23. The van der Waals surface area contributed by atoms with Crippen molar-refractivity contribution in [1.29, 1.82) is 0 Å². The largest absolute Gasteiger partial charge is 0.329 e. The molecule has 2 amide bonds. The first kappa shape index (κ1) is 16.6. The second-order valence-electron chi connectivity index (χ2n) is 5.42. The number of hydrogen-bond donors (Lipinski definition) is 2. The van der Waals surface area contributed by atoms with Crippen LogP contribution in [0.15, 0.2) is 30.6 Å². The van der Waals surface area contributed by atoms with Crippen molar-refractivity contribution in [2.75, 3.05) is 5.32 Å². The molecule has 0 saturated carbocycles. The van der Waals surface area contributed by atoms with Crippen molar-refractivity contribution in [3.63, 3.8) is 0 Å². The van der Waals surface area contributed by atoms with E-state index in [1.807, 2.05) is 26.8 Å². The molecule has 1 aromatic heterocycles. The van der Waals surface area contributed by atoms with Gasteiger partial charge < -0.3 is 10.6 Å². The van der Waals surface area contributed by atoms with Crippen LogP contribution in [0, 0.1) is 0 Å². The van der Waals surface area contributed by atoms with Gasteiger partial charge in [-0.05, 0) is 38.5 Å². The minimum atomic E-state index is -0.598. The predicted octanol–water partition coefficient (Wildman–Crippen LogP) is 4.27. The maximum absolute atomic E-state index is 12.1. The molecule has 2 aromatic rings. The van der Waals surface area contributed by atoms with Crippen LogP contribution >= 0.6 is 23.2 Å². The number of carbonyl (C=O) groups excluding carboxylic acids is 1. The molecule has 0 unspecified atom stereocenters. The van der Waals surface area contributed by atoms with Crippen LogP contribution in [0.2, 0.25) is 10.0 Å². The number of amides is 2. The second-order valence-corrected chi connectivity index (χ2v) is 6.23. The average molecular weight is 341 g/mol. The summed E-state index contributed by atoms with van der Waals surface area (Å²) in [6.07, 6.45) is 3.38. The lowest BCUT2D eigenvalue weighted by Crippen LogP contribution is -2.43. The van der Waals surface area contributed by atoms with Crippen LogP contribution in [0.1, 0.15) is 26.3 Å². The van der Waals surface area contributed by atoms with Gasteiger partial charge in [0.05, 0.1) is 27.5 Å². The van der Waals surface area contributed by atoms with Gasteiger partial charge in [0.2, 0.25) is 0 Å². The van der Waals surface area contributed by atoms with Crippen molar-refractivity contribution in [3.8, 4) is 0 Å². The fourth-order valence-electron chi connectivity index (χ4n) is 2.00. The van der Waals surface area contributed by atoms with Gasteiger partial charge >= 0.3 is 6.03 Å². The third-order valence-electron chi connectivity index (χ3n) is 3.28. The van der Waals surface area contributed by atoms with Crippen molar-refractivity contribution in [2.45, 2.75) is 32.9 Å². The summed E-state index contributed by atoms with van der Waals surface area (Å²) in [7, 11) is 0. The highest BCUT2D eigenvalue weighted by atomic mass is 35.5. The molecule has 2 N–H and O–H groups in total. The molecule has 2 rings (SSSR count). The van der Waals surface area contributed by atoms with Crippen molar-refractivity contribution < 1.29 is 4.79 Å². The first-order valence-corrected chi connectivity index (χ1v) is 7.64. The number of urea groups is 1. The monoisotopic (exact) mass is 340 g/mol. The van der Waals surface area contributed by atoms with Gasteiger partial charge in [-0.1, -0.05) is 29.3 Å². The first-order valence-electron chi connectivity index (χ1n) is 6.89. The van der Waals surface area contributed by atoms with Crippen molar-refractivity contribution in [2.24, 2.45) is 0 Å². The number of aromatic nitrogens is 2. The summed E-state index contributed by atoms with van der Waals surface area (Å²) in [5.41, 5.74) is 0.907. The van der Waals surface area contributed by atoms with Crippen LogP contribution in [0.4, 0.5) is 10.5 Å². The van der Waals surface area contributed by atoms with E-state index in [-0.39, 0.29) is 6.03 Å². The van der Waals surface area contributed by atoms with Gasteiger partial charge in [-0.3, -0.25) is 4.68 Å². The Kier molecular flexibility index (Phi) is 4.98. The molecule has 0 bridgehead atoms. The quantitative estimate of drug-likeness (QED) is 0.873. The van der Waals surface area contributed by atoms with Crippen LogP contribution in [-0.4, -0.2) is 15.8 Å². The van der Waals surface area contributed by atoms with E-state index in [0.29, 0.717) is 15.7 Å². The Morgan fingerprint density at radius 1 is 1.32 bits per heavy atom. The molecule has 7 heteroatoms. The Bertz CT molecular complexity index is 682. The average Bonchev–Trinajstić information content (AvgIpc) is 2.88. The molecular weight excluding hydrogens is 323 g/mol. The first-order chi connectivity index (χ1) is 10.3. The second kappa shape index (κ2) is 6.58. The summed E-state index contributed by atoms with van der Waals surface area (Å²) < 4.78 is 1.74. The van der Waals surface area contributed by atoms with Gasteiger partial charge in [0.25, 0.3) is 0 Å². The standard InChI is InChI=1S/C15H18Cl2N4O/c1-4-21-9-11(8-18-21)19-14(22)20-15(2,3)10-5-6-12(16)13(17)7-10/h5-9H,4H2,1-3H3,(H2,19,20,22). The number of rotatable bonds is 4. The van der Waals surface area contributed by atoms with Crippen LogP contribution in [-0.2, 0) is 12.1 Å². The lowest BCUT2D eigenvalue weighted by molar-refractivity contribution is 0.242. The lowest BCUT2D eigenvalue weighted by atomic mass is 9.94. The minimum Gasteiger partial charge on any atom is -0.329 e. The summed E-state index contributed by atoms with van der Waals surface area (Å²) in [5.74, 6) is 0. The Hall–Kier alpha value is -1.72. The Morgan fingerprint density at radius 2 is 2.05 bits per heavy atom. The topological polar surface area (TPSA) is 59.0 Å². The molecule has 0 saturated heterocycles. The number of benzene rings is 1. The molecule has 0 aliphatic heterocycles. The fourth-order valence-corrected chi connectivity index (χ4v) is 2.30. The number of nitrogens with zero attached hydrogens (tertiary/aromatic N) is 2. The third kappa shape index (κ3) is 3.93. The normalized spacial score (nSPS) is 11.3. The Morgan fingerprint density at radius 3 is 2.64 bits per heavy atom. The Balaban J connectivity index is 2.06.